The van der Waals surface area contributed by atoms with Crippen LogP contribution in [-0.2, 0) is 20.7 Å². The van der Waals surface area contributed by atoms with Crippen LogP contribution in [0.3, 0.4) is 0 Å². The third kappa shape index (κ3) is 7.89. The summed E-state index contributed by atoms with van der Waals surface area (Å²) in [6.45, 7) is 7.34. The molecule has 1 aliphatic rings. The number of aryl methyl sites for hydroxylation is 1. The van der Waals surface area contributed by atoms with E-state index in [4.69, 9.17) is 9.47 Å². The summed E-state index contributed by atoms with van der Waals surface area (Å²) in [5, 5.41) is 2.80. The van der Waals surface area contributed by atoms with Gasteiger partial charge in [-0.2, -0.15) is 0 Å². The van der Waals surface area contributed by atoms with Crippen molar-refractivity contribution < 1.29 is 19.1 Å². The molecular formula is C22H34N2O4. The topological polar surface area (TPSA) is 67.9 Å². The standard InChI is InChI=1S/C22H34N2O4/c1-22(2,3)28-21(26)24-14-12-18(13-15-24)7-5-6-17-8-10-19(11-9-17)23-20(25)16-27-4/h8-11,18H,5-7,12-16H2,1-4H3,(H,23,25). The molecule has 2 amide bonds. The molecule has 1 heterocycles. The molecule has 0 unspecified atom stereocenters. The summed E-state index contributed by atoms with van der Waals surface area (Å²) >= 11 is 0. The molecule has 0 bridgehead atoms. The van der Waals surface area contributed by atoms with Crippen LogP contribution in [0.5, 0.6) is 0 Å². The molecule has 156 valence electrons. The van der Waals surface area contributed by atoms with Crippen LogP contribution < -0.4 is 5.32 Å². The van der Waals surface area contributed by atoms with E-state index >= 15 is 0 Å². The summed E-state index contributed by atoms with van der Waals surface area (Å²) in [6, 6.07) is 7.99. The smallest absolute Gasteiger partial charge is 0.410 e. The molecule has 0 atom stereocenters. The number of nitrogens with one attached hydrogen (secondary N) is 1. The Kier molecular flexibility index (Phi) is 8.30. The highest BCUT2D eigenvalue weighted by atomic mass is 16.6. The summed E-state index contributed by atoms with van der Waals surface area (Å²) in [6.07, 6.45) is 5.23. The first-order valence-corrected chi connectivity index (χ1v) is 10.1. The van der Waals surface area contributed by atoms with Crippen LogP contribution in [0.2, 0.25) is 0 Å². The summed E-state index contributed by atoms with van der Waals surface area (Å²) in [4.78, 5) is 25.5. The van der Waals surface area contributed by atoms with Gasteiger partial charge in [-0.05, 0) is 76.5 Å². The number of benzene rings is 1. The molecule has 1 fully saturated rings. The van der Waals surface area contributed by atoms with Crippen LogP contribution in [0.1, 0.15) is 52.0 Å². The van der Waals surface area contributed by atoms with Gasteiger partial charge >= 0.3 is 6.09 Å². The molecule has 1 aromatic rings. The SMILES string of the molecule is COCC(=O)Nc1ccc(CCCC2CCN(C(=O)OC(C)(C)C)CC2)cc1. The minimum Gasteiger partial charge on any atom is -0.444 e. The Labute approximate surface area is 168 Å². The van der Waals surface area contributed by atoms with Gasteiger partial charge < -0.3 is 19.7 Å². The number of carbonyl (C=O) groups is 2. The van der Waals surface area contributed by atoms with Crippen molar-refractivity contribution in [2.75, 3.05) is 32.1 Å². The van der Waals surface area contributed by atoms with Crippen LogP contribution >= 0.6 is 0 Å². The number of nitrogens with zero attached hydrogens (tertiary/aromatic N) is 1. The molecule has 0 aliphatic carbocycles. The second-order valence-electron chi connectivity index (χ2n) is 8.48. The molecule has 1 saturated heterocycles. The fraction of sp³-hybridized carbons (Fsp3) is 0.636. The lowest BCUT2D eigenvalue weighted by Crippen LogP contribution is -2.41. The van der Waals surface area contributed by atoms with Crippen molar-refractivity contribution in [2.24, 2.45) is 5.92 Å². The number of rotatable bonds is 7. The van der Waals surface area contributed by atoms with Gasteiger partial charge in [-0.25, -0.2) is 4.79 Å². The molecule has 1 aliphatic heterocycles. The van der Waals surface area contributed by atoms with E-state index in [-0.39, 0.29) is 18.6 Å². The van der Waals surface area contributed by atoms with Gasteiger partial charge in [-0.1, -0.05) is 12.1 Å². The van der Waals surface area contributed by atoms with Crippen LogP contribution in [0.4, 0.5) is 10.5 Å². The number of hydrogen-bond donors (Lipinski definition) is 1. The first-order valence-electron chi connectivity index (χ1n) is 10.1. The highest BCUT2D eigenvalue weighted by molar-refractivity contribution is 5.91. The second-order valence-corrected chi connectivity index (χ2v) is 8.48. The van der Waals surface area contributed by atoms with Crippen LogP contribution in [-0.4, -0.2) is 49.3 Å². The Balaban J connectivity index is 1.66. The van der Waals surface area contributed by atoms with Gasteiger partial charge in [0.25, 0.3) is 0 Å². The number of ether oxygens (including phenoxy) is 2. The zero-order chi connectivity index (χ0) is 20.6. The minimum atomic E-state index is -0.434. The zero-order valence-corrected chi connectivity index (χ0v) is 17.6. The van der Waals surface area contributed by atoms with E-state index in [0.717, 1.165) is 44.5 Å². The average molecular weight is 391 g/mol. The molecule has 28 heavy (non-hydrogen) atoms. The molecule has 6 heteroatoms. The molecule has 0 spiro atoms. The second kappa shape index (κ2) is 10.5. The summed E-state index contributed by atoms with van der Waals surface area (Å²) < 4.78 is 10.3. The number of amides is 2. The van der Waals surface area contributed by atoms with Crippen molar-refractivity contribution in [3.8, 4) is 0 Å². The first kappa shape index (κ1) is 22.2. The molecule has 0 aromatic heterocycles. The van der Waals surface area contributed by atoms with Gasteiger partial charge in [0, 0.05) is 25.9 Å². The average Bonchev–Trinajstić information content (AvgIpc) is 2.62. The Morgan fingerprint density at radius 2 is 1.79 bits per heavy atom. The van der Waals surface area contributed by atoms with Crippen molar-refractivity contribution in [2.45, 2.75) is 58.5 Å². The van der Waals surface area contributed by atoms with Gasteiger partial charge in [0.1, 0.15) is 12.2 Å². The van der Waals surface area contributed by atoms with E-state index in [1.807, 2.05) is 37.8 Å². The van der Waals surface area contributed by atoms with E-state index in [0.29, 0.717) is 5.92 Å². The number of piperidine rings is 1. The first-order chi connectivity index (χ1) is 13.3. The maximum Gasteiger partial charge on any atom is 0.410 e. The Morgan fingerprint density at radius 1 is 1.14 bits per heavy atom. The van der Waals surface area contributed by atoms with Crippen molar-refractivity contribution in [1.82, 2.24) is 4.90 Å². The van der Waals surface area contributed by atoms with E-state index in [9.17, 15) is 9.59 Å². The molecular weight excluding hydrogens is 356 g/mol. The largest absolute Gasteiger partial charge is 0.444 e. The fourth-order valence-electron chi connectivity index (χ4n) is 3.41. The molecule has 2 rings (SSSR count). The van der Waals surface area contributed by atoms with Gasteiger partial charge in [0.15, 0.2) is 0 Å². The van der Waals surface area contributed by atoms with Crippen LogP contribution in [0.15, 0.2) is 24.3 Å². The van der Waals surface area contributed by atoms with E-state index in [1.54, 1.807) is 0 Å². The fourth-order valence-corrected chi connectivity index (χ4v) is 3.41. The van der Waals surface area contributed by atoms with Crippen molar-refractivity contribution in [3.05, 3.63) is 29.8 Å². The molecule has 0 radical (unpaired) electrons. The summed E-state index contributed by atoms with van der Waals surface area (Å²) in [5.74, 6) is 0.527. The Bertz CT molecular complexity index is 629. The lowest BCUT2D eigenvalue weighted by molar-refractivity contribution is -0.119. The molecule has 6 nitrogen and oxygen atoms in total. The van der Waals surface area contributed by atoms with E-state index in [1.165, 1.54) is 19.1 Å². The van der Waals surface area contributed by atoms with Crippen LogP contribution in [0, 0.1) is 5.92 Å². The Morgan fingerprint density at radius 3 is 2.36 bits per heavy atom. The van der Waals surface area contributed by atoms with Crippen molar-refractivity contribution in [1.29, 1.82) is 0 Å². The predicted octanol–water partition coefficient (Wildman–Crippen LogP) is 4.24. The quantitative estimate of drug-likeness (QED) is 0.756. The third-order valence-corrected chi connectivity index (χ3v) is 4.86. The molecule has 0 saturated carbocycles. The normalized spacial score (nSPS) is 15.4. The molecule has 1 N–H and O–H groups in total. The summed E-state index contributed by atoms with van der Waals surface area (Å²) in [7, 11) is 1.50. The van der Waals surface area contributed by atoms with E-state index in [2.05, 4.69) is 17.4 Å². The zero-order valence-electron chi connectivity index (χ0n) is 17.6. The number of likely N-dealkylation sites (tertiary alicyclic amines) is 1. The number of hydrogen-bond acceptors (Lipinski definition) is 4. The monoisotopic (exact) mass is 390 g/mol. The maximum atomic E-state index is 12.1. The van der Waals surface area contributed by atoms with Crippen LogP contribution in [0.25, 0.3) is 0 Å². The molecule has 1 aromatic carbocycles. The van der Waals surface area contributed by atoms with Crippen molar-refractivity contribution >= 4 is 17.7 Å². The summed E-state index contributed by atoms with van der Waals surface area (Å²) in [5.41, 5.74) is 1.63. The lowest BCUT2D eigenvalue weighted by Gasteiger charge is -2.33. The van der Waals surface area contributed by atoms with Crippen molar-refractivity contribution in [3.63, 3.8) is 0 Å². The van der Waals surface area contributed by atoms with Gasteiger partial charge in [-0.3, -0.25) is 4.79 Å². The van der Waals surface area contributed by atoms with Gasteiger partial charge in [0.05, 0.1) is 0 Å². The number of carbonyl (C=O) groups excluding carboxylic acids is 2. The third-order valence-electron chi connectivity index (χ3n) is 4.86. The highest BCUT2D eigenvalue weighted by Gasteiger charge is 2.26. The number of methoxy groups -OCH3 is 1. The lowest BCUT2D eigenvalue weighted by atomic mass is 9.91. The van der Waals surface area contributed by atoms with Gasteiger partial charge in [-0.15, -0.1) is 0 Å². The Hall–Kier alpha value is -2.08. The number of anilines is 1. The van der Waals surface area contributed by atoms with E-state index < -0.39 is 5.60 Å². The van der Waals surface area contributed by atoms with Gasteiger partial charge in [0.2, 0.25) is 5.91 Å². The minimum absolute atomic E-state index is 0.0640. The maximum absolute atomic E-state index is 12.1. The highest BCUT2D eigenvalue weighted by Crippen LogP contribution is 2.24. The predicted molar refractivity (Wildman–Crippen MR) is 110 cm³/mol.